The lowest BCUT2D eigenvalue weighted by Gasteiger charge is -2.16. The number of benzene rings is 2. The SMILES string of the molecule is CNC(Cc1ccoc1)c1ccc2ccccc2c1. The van der Waals surface area contributed by atoms with Crippen molar-refractivity contribution in [1.29, 1.82) is 0 Å². The molecule has 0 amide bonds. The number of furan rings is 1. The first-order chi connectivity index (χ1) is 9.36. The fraction of sp³-hybridized carbons (Fsp3) is 0.176. The number of hydrogen-bond donors (Lipinski definition) is 1. The number of rotatable bonds is 4. The van der Waals surface area contributed by atoms with Crippen LogP contribution in [0.1, 0.15) is 17.2 Å². The molecule has 2 heteroatoms. The lowest BCUT2D eigenvalue weighted by Crippen LogP contribution is -2.18. The fourth-order valence-electron chi connectivity index (χ4n) is 2.46. The van der Waals surface area contributed by atoms with Gasteiger partial charge in [0.05, 0.1) is 12.5 Å². The molecule has 96 valence electrons. The third-order valence-electron chi connectivity index (χ3n) is 3.54. The zero-order valence-electron chi connectivity index (χ0n) is 11.0. The molecule has 0 aliphatic rings. The molecule has 1 heterocycles. The highest BCUT2D eigenvalue weighted by Crippen LogP contribution is 2.23. The summed E-state index contributed by atoms with van der Waals surface area (Å²) in [6.45, 7) is 0. The van der Waals surface area contributed by atoms with Gasteiger partial charge < -0.3 is 9.73 Å². The number of fused-ring (bicyclic) bond motifs is 1. The van der Waals surface area contributed by atoms with Crippen LogP contribution >= 0.6 is 0 Å². The van der Waals surface area contributed by atoms with Gasteiger partial charge in [-0.3, -0.25) is 0 Å². The zero-order chi connectivity index (χ0) is 13.1. The number of hydrogen-bond acceptors (Lipinski definition) is 2. The molecule has 0 bridgehead atoms. The van der Waals surface area contributed by atoms with Gasteiger partial charge >= 0.3 is 0 Å². The third-order valence-corrected chi connectivity index (χ3v) is 3.54. The minimum absolute atomic E-state index is 0.308. The van der Waals surface area contributed by atoms with Gasteiger partial charge in [0.15, 0.2) is 0 Å². The van der Waals surface area contributed by atoms with Gasteiger partial charge in [-0.25, -0.2) is 0 Å². The smallest absolute Gasteiger partial charge is 0.0935 e. The second-order valence-corrected chi connectivity index (χ2v) is 4.78. The predicted molar refractivity (Wildman–Crippen MR) is 78.2 cm³/mol. The second-order valence-electron chi connectivity index (χ2n) is 4.78. The summed E-state index contributed by atoms with van der Waals surface area (Å²) in [7, 11) is 2.00. The monoisotopic (exact) mass is 251 g/mol. The Hall–Kier alpha value is -2.06. The van der Waals surface area contributed by atoms with Crippen LogP contribution < -0.4 is 5.32 Å². The summed E-state index contributed by atoms with van der Waals surface area (Å²) >= 11 is 0. The lowest BCUT2D eigenvalue weighted by molar-refractivity contribution is 0.552. The Morgan fingerprint density at radius 1 is 1.05 bits per heavy atom. The Morgan fingerprint density at radius 3 is 2.63 bits per heavy atom. The molecule has 0 saturated heterocycles. The van der Waals surface area contributed by atoms with E-state index in [2.05, 4.69) is 47.8 Å². The molecule has 1 N–H and O–H groups in total. The van der Waals surface area contributed by atoms with Gasteiger partial charge in [-0.05, 0) is 47.5 Å². The maximum absolute atomic E-state index is 5.14. The van der Waals surface area contributed by atoms with Gasteiger partial charge in [0.2, 0.25) is 0 Å². The largest absolute Gasteiger partial charge is 0.472 e. The van der Waals surface area contributed by atoms with E-state index in [1.807, 2.05) is 19.4 Å². The molecule has 3 rings (SSSR count). The number of likely N-dealkylation sites (N-methyl/N-ethyl adjacent to an activating group) is 1. The number of nitrogens with one attached hydrogen (secondary N) is 1. The van der Waals surface area contributed by atoms with E-state index in [-0.39, 0.29) is 0 Å². The Bertz CT molecular complexity index is 658. The highest BCUT2D eigenvalue weighted by Gasteiger charge is 2.11. The van der Waals surface area contributed by atoms with Gasteiger partial charge in [0, 0.05) is 6.04 Å². The van der Waals surface area contributed by atoms with E-state index >= 15 is 0 Å². The van der Waals surface area contributed by atoms with Crippen molar-refractivity contribution in [3.63, 3.8) is 0 Å². The van der Waals surface area contributed by atoms with Gasteiger partial charge in [-0.2, -0.15) is 0 Å². The highest BCUT2D eigenvalue weighted by atomic mass is 16.3. The maximum Gasteiger partial charge on any atom is 0.0935 e. The normalized spacial score (nSPS) is 12.7. The van der Waals surface area contributed by atoms with E-state index in [0.29, 0.717) is 6.04 Å². The van der Waals surface area contributed by atoms with Crippen molar-refractivity contribution in [2.24, 2.45) is 0 Å². The van der Waals surface area contributed by atoms with E-state index in [1.165, 1.54) is 21.9 Å². The van der Waals surface area contributed by atoms with Crippen molar-refractivity contribution in [3.05, 3.63) is 72.2 Å². The van der Waals surface area contributed by atoms with Crippen LogP contribution in [-0.2, 0) is 6.42 Å². The molecule has 0 aliphatic carbocycles. The summed E-state index contributed by atoms with van der Waals surface area (Å²) in [5.41, 5.74) is 2.52. The molecule has 3 aromatic rings. The minimum Gasteiger partial charge on any atom is -0.472 e. The van der Waals surface area contributed by atoms with Gasteiger partial charge in [0.25, 0.3) is 0 Å². The second kappa shape index (κ2) is 5.29. The van der Waals surface area contributed by atoms with Crippen LogP contribution in [0.4, 0.5) is 0 Å². The molecule has 1 unspecified atom stereocenters. The van der Waals surface area contributed by atoms with Crippen molar-refractivity contribution in [1.82, 2.24) is 5.32 Å². The molecule has 2 nitrogen and oxygen atoms in total. The highest BCUT2D eigenvalue weighted by molar-refractivity contribution is 5.83. The molecule has 1 aromatic heterocycles. The Kier molecular flexibility index (Phi) is 3.34. The lowest BCUT2D eigenvalue weighted by atomic mass is 9.98. The molecule has 1 atom stereocenters. The van der Waals surface area contributed by atoms with Crippen LogP contribution in [0, 0.1) is 0 Å². The first-order valence-corrected chi connectivity index (χ1v) is 6.54. The Morgan fingerprint density at radius 2 is 1.89 bits per heavy atom. The van der Waals surface area contributed by atoms with Gasteiger partial charge in [0.1, 0.15) is 0 Å². The average Bonchev–Trinajstić information content (AvgIpc) is 2.97. The van der Waals surface area contributed by atoms with Gasteiger partial charge in [-0.15, -0.1) is 0 Å². The average molecular weight is 251 g/mol. The van der Waals surface area contributed by atoms with E-state index in [4.69, 9.17) is 4.42 Å². The van der Waals surface area contributed by atoms with E-state index in [1.54, 1.807) is 6.26 Å². The summed E-state index contributed by atoms with van der Waals surface area (Å²) < 4.78 is 5.14. The molecule has 0 radical (unpaired) electrons. The first-order valence-electron chi connectivity index (χ1n) is 6.54. The van der Waals surface area contributed by atoms with Crippen molar-refractivity contribution in [3.8, 4) is 0 Å². The van der Waals surface area contributed by atoms with E-state index in [0.717, 1.165) is 6.42 Å². The van der Waals surface area contributed by atoms with Crippen molar-refractivity contribution >= 4 is 10.8 Å². The molecular formula is C17H17NO. The van der Waals surface area contributed by atoms with Crippen molar-refractivity contribution < 1.29 is 4.42 Å². The van der Waals surface area contributed by atoms with Crippen molar-refractivity contribution in [2.45, 2.75) is 12.5 Å². The molecule has 0 saturated carbocycles. The summed E-state index contributed by atoms with van der Waals surface area (Å²) in [6, 6.07) is 17.4. The first kappa shape index (κ1) is 12.0. The summed E-state index contributed by atoms with van der Waals surface area (Å²) in [5.74, 6) is 0. The summed E-state index contributed by atoms with van der Waals surface area (Å²) in [5, 5.41) is 5.95. The van der Waals surface area contributed by atoms with Crippen LogP contribution in [0.15, 0.2) is 65.5 Å². The van der Waals surface area contributed by atoms with Crippen LogP contribution in [0.25, 0.3) is 10.8 Å². The molecule has 0 aliphatic heterocycles. The van der Waals surface area contributed by atoms with Crippen molar-refractivity contribution in [2.75, 3.05) is 7.05 Å². The molecule has 0 spiro atoms. The van der Waals surface area contributed by atoms with Crippen LogP contribution in [0.3, 0.4) is 0 Å². The Labute approximate surface area is 113 Å². The van der Waals surface area contributed by atoms with Crippen LogP contribution in [0.2, 0.25) is 0 Å². The fourth-order valence-corrected chi connectivity index (χ4v) is 2.46. The summed E-state index contributed by atoms with van der Waals surface area (Å²) in [6.07, 6.45) is 4.47. The topological polar surface area (TPSA) is 25.2 Å². The van der Waals surface area contributed by atoms with Crippen LogP contribution in [0.5, 0.6) is 0 Å². The third kappa shape index (κ3) is 2.54. The summed E-state index contributed by atoms with van der Waals surface area (Å²) in [4.78, 5) is 0. The van der Waals surface area contributed by atoms with E-state index < -0.39 is 0 Å². The molecule has 0 fully saturated rings. The van der Waals surface area contributed by atoms with E-state index in [9.17, 15) is 0 Å². The minimum atomic E-state index is 0.308. The standard InChI is InChI=1S/C17H17NO/c1-18-17(10-13-8-9-19-12-13)16-7-6-14-4-2-3-5-15(14)11-16/h2-9,11-12,17-18H,10H2,1H3. The quantitative estimate of drug-likeness (QED) is 0.760. The molecule has 2 aromatic carbocycles. The maximum atomic E-state index is 5.14. The molecular weight excluding hydrogens is 234 g/mol. The zero-order valence-corrected chi connectivity index (χ0v) is 11.0. The molecule has 19 heavy (non-hydrogen) atoms. The van der Waals surface area contributed by atoms with Gasteiger partial charge in [-0.1, -0.05) is 36.4 Å². The Balaban J connectivity index is 1.92. The van der Waals surface area contributed by atoms with Crippen LogP contribution in [-0.4, -0.2) is 7.05 Å². The predicted octanol–water partition coefficient (Wildman–Crippen LogP) is 3.94.